The number of ether oxygens (including phenoxy) is 1. The molecule has 9 heteroatoms. The van der Waals surface area contributed by atoms with Gasteiger partial charge in [-0.2, -0.15) is 5.10 Å². The number of carboxylic acid groups (broad SMARTS) is 1. The smallest absolute Gasteiger partial charge is 0.356 e. The molecule has 30 heavy (non-hydrogen) atoms. The molecule has 7 nitrogen and oxygen atoms in total. The van der Waals surface area contributed by atoms with Crippen LogP contribution in [0.2, 0.25) is 0 Å². The van der Waals surface area contributed by atoms with Gasteiger partial charge in [0.25, 0.3) is 0 Å². The lowest BCUT2D eigenvalue weighted by molar-refractivity contribution is 0.0688. The number of anilines is 1. The van der Waals surface area contributed by atoms with E-state index in [0.717, 1.165) is 21.5 Å². The lowest BCUT2D eigenvalue weighted by Crippen LogP contribution is -2.39. The Labute approximate surface area is 187 Å². The summed E-state index contributed by atoms with van der Waals surface area (Å²) < 4.78 is 8.04. The number of rotatable bonds is 4. The predicted molar refractivity (Wildman–Crippen MR) is 122 cm³/mol. The maximum Gasteiger partial charge on any atom is 0.356 e. The van der Waals surface area contributed by atoms with Gasteiger partial charge in [-0.3, -0.25) is 0 Å². The molecule has 0 amide bonds. The fourth-order valence-corrected chi connectivity index (χ4v) is 4.03. The second-order valence-corrected chi connectivity index (χ2v) is 8.07. The van der Waals surface area contributed by atoms with Crippen LogP contribution in [-0.4, -0.2) is 44.5 Å². The zero-order valence-electron chi connectivity index (χ0n) is 16.1. The van der Waals surface area contributed by atoms with Gasteiger partial charge in [0.1, 0.15) is 5.75 Å². The number of nitrogens with one attached hydrogen (secondary N) is 1. The Kier molecular flexibility index (Phi) is 5.74. The molecule has 0 aliphatic carbocycles. The monoisotopic (exact) mass is 486 g/mol. The van der Waals surface area contributed by atoms with Gasteiger partial charge in [-0.25, -0.2) is 9.48 Å². The van der Waals surface area contributed by atoms with E-state index in [9.17, 15) is 9.90 Å². The third kappa shape index (κ3) is 3.90. The predicted octanol–water partition coefficient (Wildman–Crippen LogP) is 4.10. The molecule has 2 aromatic carbocycles. The van der Waals surface area contributed by atoms with Crippen molar-refractivity contribution in [2.75, 3.05) is 19.0 Å². The number of aromatic nitrogens is 2. The van der Waals surface area contributed by atoms with Crippen LogP contribution in [0.3, 0.4) is 0 Å². The minimum absolute atomic E-state index is 0.0534. The molecule has 0 atom stereocenters. The molecule has 1 aliphatic rings. The van der Waals surface area contributed by atoms with Gasteiger partial charge >= 0.3 is 5.97 Å². The molecule has 2 heterocycles. The van der Waals surface area contributed by atoms with Crippen LogP contribution in [0.4, 0.5) is 5.69 Å². The second-order valence-electron chi connectivity index (χ2n) is 6.77. The highest BCUT2D eigenvalue weighted by molar-refractivity contribution is 9.10. The van der Waals surface area contributed by atoms with Crippen LogP contribution in [0.25, 0.3) is 5.69 Å². The quantitative estimate of drug-likeness (QED) is 0.537. The number of halogens is 1. The zero-order valence-corrected chi connectivity index (χ0v) is 18.5. The molecular formula is C21H19BrN4O3S. The van der Waals surface area contributed by atoms with Gasteiger partial charge < -0.3 is 20.1 Å². The largest absolute Gasteiger partial charge is 0.495 e. The van der Waals surface area contributed by atoms with E-state index in [1.54, 1.807) is 11.8 Å². The van der Waals surface area contributed by atoms with E-state index in [2.05, 4.69) is 26.3 Å². The van der Waals surface area contributed by atoms with E-state index in [0.29, 0.717) is 35.9 Å². The van der Waals surface area contributed by atoms with Crippen molar-refractivity contribution in [3.05, 3.63) is 70.0 Å². The van der Waals surface area contributed by atoms with E-state index >= 15 is 0 Å². The van der Waals surface area contributed by atoms with Gasteiger partial charge in [-0.05, 0) is 48.6 Å². The fourth-order valence-electron chi connectivity index (χ4n) is 3.50. The first-order chi connectivity index (χ1) is 14.5. The summed E-state index contributed by atoms with van der Waals surface area (Å²) in [6, 6.07) is 15.1. The van der Waals surface area contributed by atoms with E-state index in [1.165, 1.54) is 0 Å². The first-order valence-electron chi connectivity index (χ1n) is 9.27. The molecule has 0 fully saturated rings. The maximum absolute atomic E-state index is 11.9. The summed E-state index contributed by atoms with van der Waals surface area (Å²) in [6.07, 6.45) is 0.624. The van der Waals surface area contributed by atoms with Gasteiger partial charge in [0.2, 0.25) is 0 Å². The Balaban J connectivity index is 1.62. The number of aromatic carboxylic acids is 1. The van der Waals surface area contributed by atoms with Crippen molar-refractivity contribution in [3.8, 4) is 11.4 Å². The normalized spacial score (nSPS) is 12.9. The summed E-state index contributed by atoms with van der Waals surface area (Å²) >= 11 is 9.02. The van der Waals surface area contributed by atoms with E-state index in [1.807, 2.05) is 53.4 Å². The minimum Gasteiger partial charge on any atom is -0.495 e. The number of nitrogens with zero attached hydrogens (tertiary/aromatic N) is 3. The molecule has 3 aromatic rings. The summed E-state index contributed by atoms with van der Waals surface area (Å²) in [6.45, 7) is 1.02. The van der Waals surface area contributed by atoms with Crippen molar-refractivity contribution in [1.82, 2.24) is 14.7 Å². The molecule has 2 N–H and O–H groups in total. The van der Waals surface area contributed by atoms with Crippen LogP contribution in [-0.2, 0) is 13.0 Å². The summed E-state index contributed by atoms with van der Waals surface area (Å²) in [4.78, 5) is 13.8. The van der Waals surface area contributed by atoms with Crippen molar-refractivity contribution in [2.24, 2.45) is 0 Å². The van der Waals surface area contributed by atoms with Crippen LogP contribution >= 0.6 is 28.1 Å². The zero-order chi connectivity index (χ0) is 21.3. The van der Waals surface area contributed by atoms with Crippen LogP contribution in [0.1, 0.15) is 21.7 Å². The Morgan fingerprint density at radius 1 is 1.23 bits per heavy atom. The summed E-state index contributed by atoms with van der Waals surface area (Å²) in [5.41, 5.74) is 3.22. The molecule has 0 unspecified atom stereocenters. The molecule has 0 spiro atoms. The number of benzene rings is 2. The number of hydrogen-bond acceptors (Lipinski definition) is 4. The van der Waals surface area contributed by atoms with Crippen molar-refractivity contribution >= 4 is 44.9 Å². The Hall–Kier alpha value is -2.91. The fraction of sp³-hybridized carbons (Fsp3) is 0.190. The second kappa shape index (κ2) is 8.45. The van der Waals surface area contributed by atoms with E-state index < -0.39 is 5.97 Å². The summed E-state index contributed by atoms with van der Waals surface area (Å²) in [5, 5.41) is 17.8. The minimum atomic E-state index is -1.05. The van der Waals surface area contributed by atoms with Crippen molar-refractivity contribution in [1.29, 1.82) is 0 Å². The molecular weight excluding hydrogens is 468 g/mol. The first kappa shape index (κ1) is 20.4. The molecule has 154 valence electrons. The Bertz CT molecular complexity index is 1110. The van der Waals surface area contributed by atoms with E-state index in [4.69, 9.17) is 17.0 Å². The van der Waals surface area contributed by atoms with Crippen molar-refractivity contribution in [2.45, 2.75) is 13.0 Å². The average Bonchev–Trinajstić information content (AvgIpc) is 3.14. The number of methoxy groups -OCH3 is 1. The van der Waals surface area contributed by atoms with Crippen molar-refractivity contribution in [3.63, 3.8) is 0 Å². The standard InChI is InChI=1S/C21H19BrN4O3S/c1-29-18-5-3-2-4-16(18)23-21(30)25-11-10-17-15(12-25)19(20(27)28)24-26(17)14-8-6-13(22)7-9-14/h2-9H,10-12H2,1H3,(H,23,30)(H,27,28). The van der Waals surface area contributed by atoms with Gasteiger partial charge in [0.15, 0.2) is 10.8 Å². The molecule has 4 rings (SSSR count). The Morgan fingerprint density at radius 3 is 2.67 bits per heavy atom. The third-order valence-corrected chi connectivity index (χ3v) is 5.86. The summed E-state index contributed by atoms with van der Waals surface area (Å²) in [5.74, 6) is -0.362. The number of thiocarbonyl (C=S) groups is 1. The van der Waals surface area contributed by atoms with Crippen LogP contribution in [0.15, 0.2) is 53.0 Å². The number of para-hydroxylation sites is 2. The lowest BCUT2D eigenvalue weighted by atomic mass is 10.1. The van der Waals surface area contributed by atoms with Crippen molar-refractivity contribution < 1.29 is 14.6 Å². The van der Waals surface area contributed by atoms with Crippen LogP contribution < -0.4 is 10.1 Å². The van der Waals surface area contributed by atoms with Gasteiger partial charge in [0.05, 0.1) is 24.2 Å². The van der Waals surface area contributed by atoms with Gasteiger partial charge in [0, 0.05) is 29.5 Å². The molecule has 0 bridgehead atoms. The molecule has 0 saturated heterocycles. The number of hydrogen-bond donors (Lipinski definition) is 2. The number of carboxylic acids is 1. The molecule has 1 aliphatic heterocycles. The van der Waals surface area contributed by atoms with E-state index in [-0.39, 0.29) is 5.69 Å². The molecule has 0 radical (unpaired) electrons. The maximum atomic E-state index is 11.9. The average molecular weight is 487 g/mol. The summed E-state index contributed by atoms with van der Waals surface area (Å²) in [7, 11) is 1.60. The molecule has 0 saturated carbocycles. The van der Waals surface area contributed by atoms with Gasteiger partial charge in [-0.1, -0.05) is 28.1 Å². The number of carbonyl (C=O) groups is 1. The topological polar surface area (TPSA) is 79.6 Å². The lowest BCUT2D eigenvalue weighted by Gasteiger charge is -2.30. The van der Waals surface area contributed by atoms with Crippen LogP contribution in [0.5, 0.6) is 5.75 Å². The Morgan fingerprint density at radius 2 is 1.97 bits per heavy atom. The highest BCUT2D eigenvalue weighted by Gasteiger charge is 2.29. The highest BCUT2D eigenvalue weighted by atomic mass is 79.9. The molecule has 1 aromatic heterocycles. The highest BCUT2D eigenvalue weighted by Crippen LogP contribution is 2.28. The number of fused-ring (bicyclic) bond motifs is 1. The first-order valence-corrected chi connectivity index (χ1v) is 10.5. The van der Waals surface area contributed by atoms with Crippen LogP contribution in [0, 0.1) is 0 Å². The SMILES string of the molecule is COc1ccccc1NC(=S)N1CCc2c(c(C(=O)O)nn2-c2ccc(Br)cc2)C1. The third-order valence-electron chi connectivity index (χ3n) is 4.97. The van der Waals surface area contributed by atoms with Gasteiger partial charge in [-0.15, -0.1) is 0 Å².